The summed E-state index contributed by atoms with van der Waals surface area (Å²) < 4.78 is 5.44. The SMILES string of the molecule is CC(=O)c1cccc(NC(=O)CN2CCO[C@H](C)C2)c1. The number of carbonyl (C=O) groups is 2. The lowest BCUT2D eigenvalue weighted by Crippen LogP contribution is -2.44. The van der Waals surface area contributed by atoms with Crippen LogP contribution in [0.4, 0.5) is 5.69 Å². The number of ether oxygens (including phenoxy) is 1. The normalized spacial score (nSPS) is 19.6. The Morgan fingerprint density at radius 1 is 1.45 bits per heavy atom. The van der Waals surface area contributed by atoms with Crippen molar-refractivity contribution in [1.29, 1.82) is 0 Å². The van der Waals surface area contributed by atoms with Gasteiger partial charge in [0.1, 0.15) is 0 Å². The highest BCUT2D eigenvalue weighted by Gasteiger charge is 2.18. The molecule has 1 aromatic carbocycles. The van der Waals surface area contributed by atoms with Gasteiger partial charge in [-0.15, -0.1) is 0 Å². The Labute approximate surface area is 118 Å². The fourth-order valence-corrected chi connectivity index (χ4v) is 2.25. The molecule has 1 atom stereocenters. The number of nitrogens with zero attached hydrogens (tertiary/aromatic N) is 1. The summed E-state index contributed by atoms with van der Waals surface area (Å²) in [7, 11) is 0. The van der Waals surface area contributed by atoms with Gasteiger partial charge in [-0.05, 0) is 26.0 Å². The highest BCUT2D eigenvalue weighted by molar-refractivity contribution is 5.97. The summed E-state index contributed by atoms with van der Waals surface area (Å²) in [4.78, 5) is 25.4. The minimum Gasteiger partial charge on any atom is -0.376 e. The number of nitrogens with one attached hydrogen (secondary N) is 1. The van der Waals surface area contributed by atoms with Crippen molar-refractivity contribution in [3.8, 4) is 0 Å². The van der Waals surface area contributed by atoms with E-state index in [1.165, 1.54) is 6.92 Å². The van der Waals surface area contributed by atoms with Crippen molar-refractivity contribution in [2.45, 2.75) is 20.0 Å². The van der Waals surface area contributed by atoms with E-state index in [0.29, 0.717) is 24.4 Å². The molecule has 5 nitrogen and oxygen atoms in total. The maximum absolute atomic E-state index is 12.0. The zero-order chi connectivity index (χ0) is 14.5. The first-order valence-corrected chi connectivity index (χ1v) is 6.79. The third-order valence-corrected chi connectivity index (χ3v) is 3.25. The van der Waals surface area contributed by atoms with Crippen molar-refractivity contribution in [2.24, 2.45) is 0 Å². The molecule has 1 aliphatic rings. The second-order valence-electron chi connectivity index (χ2n) is 5.10. The molecule has 1 heterocycles. The van der Waals surface area contributed by atoms with E-state index in [1.54, 1.807) is 24.3 Å². The summed E-state index contributed by atoms with van der Waals surface area (Å²) in [5, 5.41) is 2.83. The fraction of sp³-hybridized carbons (Fsp3) is 0.467. The van der Waals surface area contributed by atoms with E-state index in [2.05, 4.69) is 10.2 Å². The van der Waals surface area contributed by atoms with E-state index < -0.39 is 0 Å². The molecule has 0 aliphatic carbocycles. The van der Waals surface area contributed by atoms with Crippen LogP contribution in [0.5, 0.6) is 0 Å². The first-order chi connectivity index (χ1) is 9.54. The highest BCUT2D eigenvalue weighted by atomic mass is 16.5. The smallest absolute Gasteiger partial charge is 0.238 e. The number of anilines is 1. The zero-order valence-electron chi connectivity index (χ0n) is 11.9. The van der Waals surface area contributed by atoms with Crippen LogP contribution in [0.15, 0.2) is 24.3 Å². The van der Waals surface area contributed by atoms with E-state index in [1.807, 2.05) is 6.92 Å². The molecule has 1 fully saturated rings. The van der Waals surface area contributed by atoms with Crippen molar-refractivity contribution in [3.63, 3.8) is 0 Å². The molecule has 1 aromatic rings. The summed E-state index contributed by atoms with van der Waals surface area (Å²) in [5.41, 5.74) is 1.26. The number of Topliss-reactive ketones (excluding diaryl/α,β-unsaturated/α-hetero) is 1. The maximum atomic E-state index is 12.0. The molecule has 5 heteroatoms. The van der Waals surface area contributed by atoms with Crippen LogP contribution in [0.3, 0.4) is 0 Å². The van der Waals surface area contributed by atoms with E-state index in [0.717, 1.165) is 13.1 Å². The Morgan fingerprint density at radius 2 is 2.25 bits per heavy atom. The molecule has 1 aliphatic heterocycles. The standard InChI is InChI=1S/C15H20N2O3/c1-11-9-17(6-7-20-11)10-15(19)16-14-5-3-4-13(8-14)12(2)18/h3-5,8,11H,6-7,9-10H2,1-2H3,(H,16,19)/t11-/m1/s1. The lowest BCUT2D eigenvalue weighted by Gasteiger charge is -2.30. The van der Waals surface area contributed by atoms with Gasteiger partial charge >= 0.3 is 0 Å². The molecular weight excluding hydrogens is 256 g/mol. The number of amides is 1. The minimum absolute atomic E-state index is 0.0110. The van der Waals surface area contributed by atoms with E-state index >= 15 is 0 Å². The third-order valence-electron chi connectivity index (χ3n) is 3.25. The number of hydrogen-bond acceptors (Lipinski definition) is 4. The van der Waals surface area contributed by atoms with Gasteiger partial charge in [0.15, 0.2) is 5.78 Å². The Balaban J connectivity index is 1.91. The predicted molar refractivity (Wildman–Crippen MR) is 76.9 cm³/mol. The molecular formula is C15H20N2O3. The van der Waals surface area contributed by atoms with Crippen molar-refractivity contribution in [3.05, 3.63) is 29.8 Å². The van der Waals surface area contributed by atoms with E-state index in [4.69, 9.17) is 4.74 Å². The summed E-state index contributed by atoms with van der Waals surface area (Å²) >= 11 is 0. The molecule has 20 heavy (non-hydrogen) atoms. The third kappa shape index (κ3) is 4.15. The fourth-order valence-electron chi connectivity index (χ4n) is 2.25. The molecule has 0 radical (unpaired) electrons. The average molecular weight is 276 g/mol. The quantitative estimate of drug-likeness (QED) is 0.848. The topological polar surface area (TPSA) is 58.6 Å². The van der Waals surface area contributed by atoms with E-state index in [-0.39, 0.29) is 17.8 Å². The van der Waals surface area contributed by atoms with Gasteiger partial charge in [-0.25, -0.2) is 0 Å². The highest BCUT2D eigenvalue weighted by Crippen LogP contribution is 2.11. The van der Waals surface area contributed by atoms with Gasteiger partial charge in [0.05, 0.1) is 19.3 Å². The Hall–Kier alpha value is -1.72. The van der Waals surface area contributed by atoms with Gasteiger partial charge in [-0.3, -0.25) is 14.5 Å². The molecule has 0 spiro atoms. The molecule has 1 N–H and O–H groups in total. The van der Waals surface area contributed by atoms with Crippen LogP contribution in [0.1, 0.15) is 24.2 Å². The van der Waals surface area contributed by atoms with Crippen molar-refractivity contribution < 1.29 is 14.3 Å². The van der Waals surface area contributed by atoms with Crippen LogP contribution < -0.4 is 5.32 Å². The van der Waals surface area contributed by atoms with Crippen LogP contribution in [0, 0.1) is 0 Å². The predicted octanol–water partition coefficient (Wildman–Crippen LogP) is 1.55. The van der Waals surface area contributed by atoms with Crippen molar-refractivity contribution in [1.82, 2.24) is 4.90 Å². The number of rotatable bonds is 4. The van der Waals surface area contributed by atoms with Gasteiger partial charge < -0.3 is 10.1 Å². The molecule has 0 unspecified atom stereocenters. The maximum Gasteiger partial charge on any atom is 0.238 e. The molecule has 0 aromatic heterocycles. The number of morpholine rings is 1. The minimum atomic E-state index is -0.0696. The van der Waals surface area contributed by atoms with Gasteiger partial charge in [0, 0.05) is 24.3 Å². The molecule has 1 amide bonds. The molecule has 1 saturated heterocycles. The number of ketones is 1. The van der Waals surface area contributed by atoms with Crippen LogP contribution in [0.2, 0.25) is 0 Å². The Kier molecular flexibility index (Phi) is 4.87. The summed E-state index contributed by atoms with van der Waals surface area (Å²) in [6.45, 7) is 6.05. The Bertz CT molecular complexity index is 502. The first-order valence-electron chi connectivity index (χ1n) is 6.79. The molecule has 108 valence electrons. The summed E-state index contributed by atoms with van der Waals surface area (Å²) in [6.07, 6.45) is 0.164. The second kappa shape index (κ2) is 6.63. The summed E-state index contributed by atoms with van der Waals surface area (Å²) in [5.74, 6) is -0.0806. The van der Waals surface area contributed by atoms with Gasteiger partial charge in [-0.1, -0.05) is 12.1 Å². The average Bonchev–Trinajstić information content (AvgIpc) is 2.38. The van der Waals surface area contributed by atoms with Gasteiger partial charge in [0.25, 0.3) is 0 Å². The Morgan fingerprint density at radius 3 is 2.95 bits per heavy atom. The van der Waals surface area contributed by atoms with Crippen LogP contribution in [0.25, 0.3) is 0 Å². The molecule has 0 saturated carbocycles. The van der Waals surface area contributed by atoms with Crippen LogP contribution in [-0.2, 0) is 9.53 Å². The first kappa shape index (κ1) is 14.7. The lowest BCUT2D eigenvalue weighted by atomic mass is 10.1. The van der Waals surface area contributed by atoms with Crippen molar-refractivity contribution >= 4 is 17.4 Å². The number of benzene rings is 1. The largest absolute Gasteiger partial charge is 0.376 e. The van der Waals surface area contributed by atoms with E-state index in [9.17, 15) is 9.59 Å². The monoisotopic (exact) mass is 276 g/mol. The van der Waals surface area contributed by atoms with Crippen LogP contribution >= 0.6 is 0 Å². The zero-order valence-corrected chi connectivity index (χ0v) is 11.9. The van der Waals surface area contributed by atoms with Crippen LogP contribution in [-0.4, -0.2) is 48.9 Å². The molecule has 2 rings (SSSR count). The number of hydrogen-bond donors (Lipinski definition) is 1. The molecule has 0 bridgehead atoms. The lowest BCUT2D eigenvalue weighted by molar-refractivity contribution is -0.119. The summed E-state index contributed by atoms with van der Waals surface area (Å²) in [6, 6.07) is 6.99. The van der Waals surface area contributed by atoms with Crippen molar-refractivity contribution in [2.75, 3.05) is 31.6 Å². The second-order valence-corrected chi connectivity index (χ2v) is 5.10. The number of carbonyl (C=O) groups excluding carboxylic acids is 2. The van der Waals surface area contributed by atoms with Gasteiger partial charge in [0.2, 0.25) is 5.91 Å². The van der Waals surface area contributed by atoms with Gasteiger partial charge in [-0.2, -0.15) is 0 Å².